The number of hydrogen-bond donors (Lipinski definition) is 17. The van der Waals surface area contributed by atoms with Crippen LogP contribution in [-0.4, -0.2) is 312 Å². The molecule has 1 unspecified atom stereocenters. The molecule has 31 nitrogen and oxygen atoms in total. The molecule has 0 aromatic rings. The smallest absolute Gasteiger partial charge is 0.354 e. The number of ketones is 1. The Bertz CT molecular complexity index is 2330. The zero-order valence-corrected chi connectivity index (χ0v) is 49.7. The van der Waals surface area contributed by atoms with E-state index in [0.717, 1.165) is 19.3 Å². The molecule has 6 heterocycles. The highest BCUT2D eigenvalue weighted by atomic mass is 16.8. The lowest BCUT2D eigenvalue weighted by molar-refractivity contribution is -0.404. The number of aliphatic hydroxyl groups is 16. The highest BCUT2D eigenvalue weighted by molar-refractivity contribution is 5.83. The van der Waals surface area contributed by atoms with Gasteiger partial charge in [-0.05, 0) is 98.7 Å². The summed E-state index contributed by atoms with van der Waals surface area (Å²) < 4.78 is 71.3. The van der Waals surface area contributed by atoms with Gasteiger partial charge in [0.05, 0.1) is 51.7 Å². The largest absolute Gasteiger partial charge is 0.458 e. The highest BCUT2D eigenvalue weighted by Crippen LogP contribution is 2.68. The van der Waals surface area contributed by atoms with Crippen LogP contribution in [0.3, 0.4) is 0 Å². The summed E-state index contributed by atoms with van der Waals surface area (Å²) in [5.74, 6) is -1.09. The van der Waals surface area contributed by atoms with E-state index in [1.165, 1.54) is 7.11 Å². The number of carbonyl (C=O) groups is 2. The molecule has 35 atom stereocenters. The van der Waals surface area contributed by atoms with Crippen LogP contribution in [0.25, 0.3) is 0 Å². The number of methoxy groups -OCH3 is 1. The fourth-order valence-electron chi connectivity index (χ4n) is 16.7. The molecule has 10 fully saturated rings. The standard InChI is InChI=1S/C57H93NO30/c1-21(63)34-29(85-54(76)57(77-4)13-22(14-58-57)19-78-49-43(73)39(69)36(66)30(15-59)81-49)12-27-25-6-5-23-11-24(7-9-55(23,2)26(25)8-10-56(27,34)3)80-51-45(75)41(71)46(33(18-62)84-51)86-53-48(88-52-44(74)40(70)37(67)31(16-60)82-52)47(38(68)32(17-61)83-53)87-50-42(72)35(65)28(64)20-79-50/h22-53,58-62,64-75H,5-20H2,1-4H3/t22-,23+,24+,25-,26+,27+,28-,29+,30-,31-,32-,33-,34+,35+,36-,37-,38-,39+,40+,41-,42-,43-,44-,45-,46+,47+,48-,49-,50+,51-,52+,53+,55+,56+,57?/m1/s1. The molecule has 0 amide bonds. The van der Waals surface area contributed by atoms with Crippen LogP contribution in [0.1, 0.15) is 78.6 Å². The number of nitrogens with one attached hydrogen (secondary N) is 1. The minimum Gasteiger partial charge on any atom is -0.458 e. The van der Waals surface area contributed by atoms with E-state index in [9.17, 15) is 91.3 Å². The highest BCUT2D eigenvalue weighted by Gasteiger charge is 2.66. The van der Waals surface area contributed by atoms with Crippen LogP contribution in [-0.2, 0) is 66.4 Å². The molecule has 6 aliphatic heterocycles. The van der Waals surface area contributed by atoms with Gasteiger partial charge in [0.2, 0.25) is 5.72 Å². The van der Waals surface area contributed by atoms with Crippen molar-refractivity contribution in [2.75, 3.05) is 53.3 Å². The van der Waals surface area contributed by atoms with Crippen molar-refractivity contribution in [3.63, 3.8) is 0 Å². The zero-order valence-electron chi connectivity index (χ0n) is 49.7. The first kappa shape index (κ1) is 68.9. The quantitative estimate of drug-likeness (QED) is 0.0422. The third kappa shape index (κ3) is 12.8. The van der Waals surface area contributed by atoms with Gasteiger partial charge in [-0.2, -0.15) is 0 Å². The number of ether oxygens (including phenoxy) is 12. The Morgan fingerprint density at radius 3 is 1.75 bits per heavy atom. The Balaban J connectivity index is 0.780. The number of esters is 1. The van der Waals surface area contributed by atoms with E-state index in [1.807, 2.05) is 0 Å². The van der Waals surface area contributed by atoms with Crippen LogP contribution in [0, 0.1) is 46.3 Å². The summed E-state index contributed by atoms with van der Waals surface area (Å²) in [4.78, 5) is 28.1. The summed E-state index contributed by atoms with van der Waals surface area (Å²) in [6, 6.07) is 0. The van der Waals surface area contributed by atoms with Gasteiger partial charge in [-0.1, -0.05) is 13.8 Å². The molecule has 17 N–H and O–H groups in total. The van der Waals surface area contributed by atoms with Crippen molar-refractivity contribution in [3.8, 4) is 0 Å². The second-order valence-electron chi connectivity index (χ2n) is 26.7. The second-order valence-corrected chi connectivity index (χ2v) is 26.7. The van der Waals surface area contributed by atoms with E-state index >= 15 is 0 Å². The molecular formula is C57H93NO30. The molecule has 88 heavy (non-hydrogen) atoms. The lowest BCUT2D eigenvalue weighted by Gasteiger charge is -2.61. The lowest BCUT2D eigenvalue weighted by Crippen LogP contribution is -2.68. The minimum absolute atomic E-state index is 0.0340. The van der Waals surface area contributed by atoms with Crippen LogP contribution in [0.5, 0.6) is 0 Å². The Labute approximate surface area is 507 Å². The first-order chi connectivity index (χ1) is 41.8. The van der Waals surface area contributed by atoms with E-state index in [0.29, 0.717) is 32.1 Å². The lowest BCUT2D eigenvalue weighted by atomic mass is 9.44. The van der Waals surface area contributed by atoms with E-state index in [-0.39, 0.29) is 60.4 Å². The van der Waals surface area contributed by atoms with E-state index in [2.05, 4.69) is 19.2 Å². The maximum absolute atomic E-state index is 14.3. The summed E-state index contributed by atoms with van der Waals surface area (Å²) in [7, 11) is 1.38. The van der Waals surface area contributed by atoms with Crippen molar-refractivity contribution in [2.45, 2.75) is 244 Å². The molecule has 4 saturated carbocycles. The SMILES string of the molecule is COC1(C(=O)O[C@H]2C[C@H]3[C@@H]4CC[C@H]5C[C@@H](O[C@@H]6O[C@H](CO)[C@H](O[C@@H]7O[C@H](CO)[C@@H](O)[C@H](O[C@@H]8OC[C@@H](O)[C@H](O)[C@H]8O)[C@H]7O[C@@H]7O[C@H](CO)[C@@H](O)[C@H](O)[C@H]7O)[C@H](O)[C@H]6O)CC[C@]5(C)[C@H]4CC[C@]3(C)[C@H]2C(C)=O)C[C@@H](CO[C@@H]2O[C@H](CO)[C@@H](O)[C@H](O)[C@H]2O)CN1. The molecule has 4 aliphatic carbocycles. The second kappa shape index (κ2) is 27.8. The third-order valence-corrected chi connectivity index (χ3v) is 21.7. The van der Waals surface area contributed by atoms with Crippen molar-refractivity contribution in [2.24, 2.45) is 46.3 Å². The van der Waals surface area contributed by atoms with Gasteiger partial charge >= 0.3 is 5.97 Å². The van der Waals surface area contributed by atoms with Crippen molar-refractivity contribution < 1.29 is 148 Å². The number of rotatable bonds is 19. The van der Waals surface area contributed by atoms with E-state index in [4.69, 9.17) is 56.8 Å². The monoisotopic (exact) mass is 1270 g/mol. The van der Waals surface area contributed by atoms with Gasteiger partial charge in [0.1, 0.15) is 128 Å². The van der Waals surface area contributed by atoms with Crippen LogP contribution >= 0.6 is 0 Å². The summed E-state index contributed by atoms with van der Waals surface area (Å²) in [6.45, 7) is 2.36. The summed E-state index contributed by atoms with van der Waals surface area (Å²) in [5, 5.41) is 174. The topological polar surface area (TPSA) is 481 Å². The minimum atomic E-state index is -2.05. The van der Waals surface area contributed by atoms with Gasteiger partial charge in [0.25, 0.3) is 0 Å². The number of aliphatic hydroxyl groups excluding tert-OH is 16. The van der Waals surface area contributed by atoms with Crippen LogP contribution in [0.15, 0.2) is 0 Å². The molecule has 31 heteroatoms. The Morgan fingerprint density at radius 1 is 0.545 bits per heavy atom. The summed E-state index contributed by atoms with van der Waals surface area (Å²) in [6.07, 6.45) is -37.1. The zero-order chi connectivity index (χ0) is 63.6. The first-order valence-corrected chi connectivity index (χ1v) is 30.9. The van der Waals surface area contributed by atoms with Crippen molar-refractivity contribution in [1.29, 1.82) is 0 Å². The molecule has 0 aromatic carbocycles. The molecule has 6 saturated heterocycles. The molecule has 10 rings (SSSR count). The molecule has 0 aromatic heterocycles. The number of carbonyl (C=O) groups excluding carboxylic acids is 2. The average molecular weight is 1270 g/mol. The Kier molecular flexibility index (Phi) is 21.7. The predicted octanol–water partition coefficient (Wildman–Crippen LogP) is -7.18. The van der Waals surface area contributed by atoms with Crippen LogP contribution in [0.2, 0.25) is 0 Å². The fraction of sp³-hybridized carbons (Fsp3) is 0.965. The predicted molar refractivity (Wildman–Crippen MR) is 287 cm³/mol. The van der Waals surface area contributed by atoms with E-state index in [1.54, 1.807) is 6.92 Å². The van der Waals surface area contributed by atoms with Gasteiger partial charge < -0.3 is 139 Å². The average Bonchev–Trinajstić information content (AvgIpc) is 1.45. The normalized spacial score (nSPS) is 53.2. The molecule has 0 spiro atoms. The molecule has 506 valence electrons. The van der Waals surface area contributed by atoms with Gasteiger partial charge in [0, 0.05) is 20.1 Å². The Morgan fingerprint density at radius 2 is 1.10 bits per heavy atom. The summed E-state index contributed by atoms with van der Waals surface area (Å²) >= 11 is 0. The van der Waals surface area contributed by atoms with Gasteiger partial charge in [0.15, 0.2) is 31.5 Å². The molecule has 0 bridgehead atoms. The molecular weight excluding hydrogens is 1180 g/mol. The van der Waals surface area contributed by atoms with Crippen molar-refractivity contribution in [1.82, 2.24) is 5.32 Å². The van der Waals surface area contributed by atoms with Crippen molar-refractivity contribution in [3.05, 3.63) is 0 Å². The van der Waals surface area contributed by atoms with Gasteiger partial charge in [-0.25, -0.2) is 4.79 Å². The molecule has 0 radical (unpaired) electrons. The summed E-state index contributed by atoms with van der Waals surface area (Å²) in [5.41, 5.74) is -2.24. The van der Waals surface area contributed by atoms with Crippen LogP contribution in [0.4, 0.5) is 0 Å². The maximum atomic E-state index is 14.3. The number of fused-ring (bicyclic) bond motifs is 5. The van der Waals surface area contributed by atoms with Gasteiger partial charge in [-0.3, -0.25) is 10.1 Å². The number of hydrogen-bond acceptors (Lipinski definition) is 31. The maximum Gasteiger partial charge on any atom is 0.354 e. The van der Waals surface area contributed by atoms with Crippen LogP contribution < -0.4 is 5.32 Å². The first-order valence-electron chi connectivity index (χ1n) is 30.9. The van der Waals surface area contributed by atoms with Crippen molar-refractivity contribution >= 4 is 11.8 Å². The van der Waals surface area contributed by atoms with Gasteiger partial charge in [-0.15, -0.1) is 0 Å². The number of Topliss-reactive ketones (excluding diaryl/α,β-unsaturated/α-hetero) is 1. The fourth-order valence-corrected chi connectivity index (χ4v) is 16.7. The Hall–Kier alpha value is -1.98. The third-order valence-electron chi connectivity index (χ3n) is 21.7. The molecule has 10 aliphatic rings. The van der Waals surface area contributed by atoms with E-state index < -0.39 is 216 Å².